The Balaban J connectivity index is 4.64. The van der Waals surface area contributed by atoms with E-state index in [1.807, 2.05) is 85.1 Å². The maximum absolute atomic E-state index is 12.8. The Labute approximate surface area is 385 Å². The quantitative estimate of drug-likeness (QED) is 0.0200. The van der Waals surface area contributed by atoms with Crippen LogP contribution in [0.4, 0.5) is 0 Å². The molecule has 0 N–H and O–H groups in total. The van der Waals surface area contributed by atoms with Crippen LogP contribution in [0.15, 0.2) is 146 Å². The molecule has 0 aliphatic rings. The Bertz CT molecular complexity index is 1460. The summed E-state index contributed by atoms with van der Waals surface area (Å²) >= 11 is 0. The van der Waals surface area contributed by atoms with Gasteiger partial charge in [-0.2, -0.15) is 0 Å². The second-order valence-electron chi connectivity index (χ2n) is 15.5. The largest absolute Gasteiger partial charge is 0.462 e. The molecule has 0 aliphatic carbocycles. The summed E-state index contributed by atoms with van der Waals surface area (Å²) in [5.74, 6) is -1.08. The Hall–Kier alpha value is -4.71. The molecule has 0 aromatic rings. The highest BCUT2D eigenvalue weighted by Crippen LogP contribution is 2.11. The van der Waals surface area contributed by atoms with Crippen LogP contribution < -0.4 is 0 Å². The van der Waals surface area contributed by atoms with Crippen LogP contribution in [0.25, 0.3) is 0 Å². The van der Waals surface area contributed by atoms with Crippen molar-refractivity contribution in [3.05, 3.63) is 146 Å². The van der Waals surface area contributed by atoms with Crippen LogP contribution in [-0.4, -0.2) is 37.2 Å². The molecule has 0 bridgehead atoms. The average Bonchev–Trinajstić information content (AvgIpc) is 3.28. The van der Waals surface area contributed by atoms with Gasteiger partial charge in [0, 0.05) is 19.3 Å². The van der Waals surface area contributed by atoms with E-state index in [0.29, 0.717) is 19.3 Å². The van der Waals surface area contributed by atoms with Gasteiger partial charge in [-0.25, -0.2) is 0 Å². The molecule has 0 spiro atoms. The lowest BCUT2D eigenvalue weighted by atomic mass is 10.1. The third kappa shape index (κ3) is 48.2. The molecule has 1 unspecified atom stereocenters. The van der Waals surface area contributed by atoms with E-state index in [1.54, 1.807) is 0 Å². The topological polar surface area (TPSA) is 78.9 Å². The smallest absolute Gasteiger partial charge is 0.306 e. The molecule has 0 heterocycles. The predicted octanol–water partition coefficient (Wildman–Crippen LogP) is 16.1. The summed E-state index contributed by atoms with van der Waals surface area (Å²) in [7, 11) is 0. The van der Waals surface area contributed by atoms with Gasteiger partial charge in [-0.05, 0) is 89.9 Å². The van der Waals surface area contributed by atoms with E-state index in [0.717, 1.165) is 70.6 Å². The summed E-state index contributed by atoms with van der Waals surface area (Å²) in [6.07, 6.45) is 71.2. The molecule has 6 nitrogen and oxygen atoms in total. The summed E-state index contributed by atoms with van der Waals surface area (Å²) in [6, 6.07) is 0. The highest BCUT2D eigenvalue weighted by molar-refractivity contribution is 5.71. The highest BCUT2D eigenvalue weighted by atomic mass is 16.6. The van der Waals surface area contributed by atoms with Gasteiger partial charge in [0.15, 0.2) is 6.10 Å². The summed E-state index contributed by atoms with van der Waals surface area (Å²) in [6.45, 7) is 6.19. The Kier molecular flexibility index (Phi) is 46.2. The fraction of sp³-hybridized carbons (Fsp3) is 0.526. The van der Waals surface area contributed by atoms with E-state index in [4.69, 9.17) is 14.2 Å². The van der Waals surface area contributed by atoms with Crippen LogP contribution in [0.2, 0.25) is 0 Å². The minimum Gasteiger partial charge on any atom is -0.462 e. The number of rotatable bonds is 41. The van der Waals surface area contributed by atoms with Crippen LogP contribution in [0.3, 0.4) is 0 Å². The van der Waals surface area contributed by atoms with Crippen molar-refractivity contribution in [2.24, 2.45) is 0 Å². The first-order valence-corrected chi connectivity index (χ1v) is 24.5. The Morgan fingerprint density at radius 1 is 0.349 bits per heavy atom. The van der Waals surface area contributed by atoms with Crippen molar-refractivity contribution in [3.8, 4) is 0 Å². The lowest BCUT2D eigenvalue weighted by Gasteiger charge is -2.18. The van der Waals surface area contributed by atoms with Crippen molar-refractivity contribution in [1.29, 1.82) is 0 Å². The van der Waals surface area contributed by atoms with Gasteiger partial charge in [0.1, 0.15) is 13.2 Å². The van der Waals surface area contributed by atoms with Crippen molar-refractivity contribution in [1.82, 2.24) is 0 Å². The zero-order valence-corrected chi connectivity index (χ0v) is 39.8. The van der Waals surface area contributed by atoms with Gasteiger partial charge < -0.3 is 14.2 Å². The standard InChI is InChI=1S/C57H86O6/c1-4-7-10-13-16-19-22-25-27-28-30-32-35-38-41-44-47-50-56(59)62-53-54(52-61-55(58)49-46-43-40-37-34-31-24-21-18-15-12-9-6-3)63-57(60)51-48-45-42-39-36-33-29-26-23-20-17-14-11-8-5-2/h8-9,11-12,14-15,17-18,20-21,23-27,29-34,36,38,41,54H,4-7,10,13,16,19,22,28,35,37,39-40,42-53H2,1-3H3/b11-8-,12-9-,17-14-,18-15-,23-20-,24-21-,27-25-,29-26-,32-30-,34-31-,36-33-,41-38-. The number of hydrogen-bond donors (Lipinski definition) is 0. The van der Waals surface area contributed by atoms with Gasteiger partial charge >= 0.3 is 17.9 Å². The first-order valence-electron chi connectivity index (χ1n) is 24.5. The third-order valence-corrected chi connectivity index (χ3v) is 9.53. The number of carbonyl (C=O) groups excluding carboxylic acids is 3. The number of carbonyl (C=O) groups is 3. The minimum absolute atomic E-state index is 0.138. The first kappa shape index (κ1) is 58.3. The van der Waals surface area contributed by atoms with E-state index in [1.165, 1.54) is 44.9 Å². The molecular formula is C57H86O6. The van der Waals surface area contributed by atoms with Crippen molar-refractivity contribution < 1.29 is 28.6 Å². The summed E-state index contributed by atoms with van der Waals surface area (Å²) in [4.78, 5) is 37.9. The average molecular weight is 867 g/mol. The van der Waals surface area contributed by atoms with Crippen LogP contribution in [0, 0.1) is 0 Å². The van der Waals surface area contributed by atoms with E-state index in [9.17, 15) is 14.4 Å². The summed E-state index contributed by atoms with van der Waals surface area (Å²) in [5.41, 5.74) is 0. The van der Waals surface area contributed by atoms with Crippen LogP contribution in [-0.2, 0) is 28.6 Å². The summed E-state index contributed by atoms with van der Waals surface area (Å²) < 4.78 is 16.6. The number of ether oxygens (including phenoxy) is 3. The van der Waals surface area contributed by atoms with Crippen LogP contribution >= 0.6 is 0 Å². The zero-order valence-electron chi connectivity index (χ0n) is 39.8. The van der Waals surface area contributed by atoms with Gasteiger partial charge in [0.25, 0.3) is 0 Å². The highest BCUT2D eigenvalue weighted by Gasteiger charge is 2.19. The molecule has 0 saturated carbocycles. The lowest BCUT2D eigenvalue weighted by Crippen LogP contribution is -2.30. The molecule has 63 heavy (non-hydrogen) atoms. The maximum atomic E-state index is 12.8. The van der Waals surface area contributed by atoms with Crippen molar-refractivity contribution in [2.45, 2.75) is 181 Å². The van der Waals surface area contributed by atoms with Gasteiger partial charge in [-0.3, -0.25) is 14.4 Å². The fourth-order valence-electron chi connectivity index (χ4n) is 5.90. The van der Waals surface area contributed by atoms with Crippen LogP contribution in [0.1, 0.15) is 175 Å². The first-order chi connectivity index (χ1) is 31.0. The van der Waals surface area contributed by atoms with E-state index in [2.05, 4.69) is 81.5 Å². The molecule has 0 fully saturated rings. The van der Waals surface area contributed by atoms with Gasteiger partial charge in [-0.1, -0.05) is 212 Å². The van der Waals surface area contributed by atoms with Crippen LogP contribution in [0.5, 0.6) is 0 Å². The monoisotopic (exact) mass is 867 g/mol. The molecule has 6 heteroatoms. The molecule has 350 valence electrons. The molecule has 0 amide bonds. The third-order valence-electron chi connectivity index (χ3n) is 9.53. The number of hydrogen-bond acceptors (Lipinski definition) is 6. The molecule has 0 rings (SSSR count). The number of allylic oxidation sites excluding steroid dienone is 24. The predicted molar refractivity (Wildman–Crippen MR) is 269 cm³/mol. The van der Waals surface area contributed by atoms with Gasteiger partial charge in [0.05, 0.1) is 0 Å². The molecule has 0 saturated heterocycles. The zero-order chi connectivity index (χ0) is 45.8. The molecule has 0 aromatic carbocycles. The van der Waals surface area contributed by atoms with Gasteiger partial charge in [0.2, 0.25) is 0 Å². The Morgan fingerprint density at radius 3 is 1.17 bits per heavy atom. The van der Waals surface area contributed by atoms with E-state index >= 15 is 0 Å². The normalized spacial score (nSPS) is 13.4. The van der Waals surface area contributed by atoms with E-state index < -0.39 is 6.10 Å². The Morgan fingerprint density at radius 2 is 0.698 bits per heavy atom. The molecule has 0 aliphatic heterocycles. The SMILES string of the molecule is CC\C=C/C=C\C=C/C=C\C=C/CCCCCC(=O)OC(COC(=O)CCC/C=C\C/C=C\C/C=C\CCCCCCCC)COC(=O)CCCCC\C=C/C=C\C=C/C=C\CC. The molecule has 0 radical (unpaired) electrons. The fourth-order valence-corrected chi connectivity index (χ4v) is 5.90. The summed E-state index contributed by atoms with van der Waals surface area (Å²) in [5, 5.41) is 0. The van der Waals surface area contributed by atoms with E-state index in [-0.39, 0.29) is 50.4 Å². The molecule has 0 aromatic heterocycles. The number of unbranched alkanes of at least 4 members (excludes halogenated alkanes) is 13. The number of esters is 3. The van der Waals surface area contributed by atoms with Gasteiger partial charge in [-0.15, -0.1) is 0 Å². The van der Waals surface area contributed by atoms with Crippen molar-refractivity contribution in [2.75, 3.05) is 13.2 Å². The lowest BCUT2D eigenvalue weighted by molar-refractivity contribution is -0.167. The second kappa shape index (κ2) is 49.9. The minimum atomic E-state index is -0.842. The van der Waals surface area contributed by atoms with Crippen molar-refractivity contribution in [3.63, 3.8) is 0 Å². The van der Waals surface area contributed by atoms with Crippen molar-refractivity contribution >= 4 is 17.9 Å². The second-order valence-corrected chi connectivity index (χ2v) is 15.5. The molecule has 1 atom stereocenters. The molecular weight excluding hydrogens is 781 g/mol. The maximum Gasteiger partial charge on any atom is 0.306 e.